The maximum atomic E-state index is 11.2. The molecule has 0 fully saturated rings. The van der Waals surface area contributed by atoms with E-state index in [1.54, 1.807) is 6.07 Å². The minimum absolute atomic E-state index is 0.235. The molecule has 0 aliphatic heterocycles. The lowest BCUT2D eigenvalue weighted by Crippen LogP contribution is -1.97. The molecule has 0 spiro atoms. The van der Waals surface area contributed by atoms with Gasteiger partial charge in [-0.25, -0.2) is 0 Å². The third-order valence-corrected chi connectivity index (χ3v) is 3.29. The van der Waals surface area contributed by atoms with Crippen LogP contribution in [0.25, 0.3) is 11.1 Å². The van der Waals surface area contributed by atoms with Crippen LogP contribution in [0.15, 0.2) is 42.5 Å². The summed E-state index contributed by atoms with van der Waals surface area (Å²) in [5.41, 5.74) is 4.49. The number of carbonyl (C=O) groups is 2. The van der Waals surface area contributed by atoms with E-state index in [4.69, 9.17) is 0 Å². The molecule has 2 heteroatoms. The molecule has 82 valence electrons. The van der Waals surface area contributed by atoms with Gasteiger partial charge in [-0.05, 0) is 22.3 Å². The Morgan fingerprint density at radius 1 is 0.882 bits per heavy atom. The summed E-state index contributed by atoms with van der Waals surface area (Å²) in [7, 11) is 0. The molecule has 1 unspecified atom stereocenters. The fourth-order valence-electron chi connectivity index (χ4n) is 2.57. The Labute approximate surface area is 98.9 Å². The van der Waals surface area contributed by atoms with E-state index in [2.05, 4.69) is 0 Å². The highest BCUT2D eigenvalue weighted by Crippen LogP contribution is 2.44. The molecule has 0 heterocycles. The van der Waals surface area contributed by atoms with Gasteiger partial charge in [-0.15, -0.1) is 0 Å². The van der Waals surface area contributed by atoms with Crippen molar-refractivity contribution >= 4 is 12.6 Å². The van der Waals surface area contributed by atoms with E-state index in [-0.39, 0.29) is 5.92 Å². The van der Waals surface area contributed by atoms with E-state index in [1.165, 1.54) is 0 Å². The van der Waals surface area contributed by atoms with Crippen molar-refractivity contribution in [1.29, 1.82) is 0 Å². The van der Waals surface area contributed by atoms with Gasteiger partial charge in [-0.2, -0.15) is 0 Å². The first-order chi connectivity index (χ1) is 8.36. The first-order valence-corrected chi connectivity index (χ1v) is 5.49. The maximum absolute atomic E-state index is 11.2. The lowest BCUT2D eigenvalue weighted by molar-refractivity contribution is -0.108. The summed E-state index contributed by atoms with van der Waals surface area (Å²) in [4.78, 5) is 22.3. The molecule has 1 atom stereocenters. The van der Waals surface area contributed by atoms with Gasteiger partial charge in [0, 0.05) is 5.56 Å². The topological polar surface area (TPSA) is 34.1 Å². The second-order valence-corrected chi connectivity index (χ2v) is 4.13. The Balaban J connectivity index is 2.40. The molecule has 1 aliphatic rings. The monoisotopic (exact) mass is 222 g/mol. The third kappa shape index (κ3) is 1.27. The number of hydrogen-bond donors (Lipinski definition) is 0. The molecule has 0 bridgehead atoms. The van der Waals surface area contributed by atoms with Crippen LogP contribution in [0.4, 0.5) is 0 Å². The van der Waals surface area contributed by atoms with Crippen molar-refractivity contribution in [3.05, 3.63) is 59.2 Å². The van der Waals surface area contributed by atoms with Crippen LogP contribution in [-0.2, 0) is 4.79 Å². The highest BCUT2D eigenvalue weighted by molar-refractivity contribution is 5.96. The molecular weight excluding hydrogens is 212 g/mol. The molecule has 3 rings (SSSR count). The summed E-state index contributed by atoms with van der Waals surface area (Å²) in [6, 6.07) is 13.3. The minimum Gasteiger partial charge on any atom is -0.302 e. The van der Waals surface area contributed by atoms with Gasteiger partial charge in [0.05, 0.1) is 5.92 Å². The highest BCUT2D eigenvalue weighted by Gasteiger charge is 2.29. The maximum Gasteiger partial charge on any atom is 0.150 e. The van der Waals surface area contributed by atoms with Gasteiger partial charge < -0.3 is 4.79 Å². The summed E-state index contributed by atoms with van der Waals surface area (Å²) < 4.78 is 0. The summed E-state index contributed by atoms with van der Waals surface area (Å²) in [5.74, 6) is -0.235. The van der Waals surface area contributed by atoms with Gasteiger partial charge in [-0.3, -0.25) is 4.79 Å². The molecule has 2 aromatic carbocycles. The van der Waals surface area contributed by atoms with E-state index in [1.807, 2.05) is 36.4 Å². The Morgan fingerprint density at radius 2 is 1.65 bits per heavy atom. The van der Waals surface area contributed by atoms with Gasteiger partial charge in [0.15, 0.2) is 6.29 Å². The van der Waals surface area contributed by atoms with Crippen molar-refractivity contribution in [2.24, 2.45) is 0 Å². The minimum atomic E-state index is -0.235. The lowest BCUT2D eigenvalue weighted by atomic mass is 9.97. The van der Waals surface area contributed by atoms with Crippen LogP contribution >= 0.6 is 0 Å². The van der Waals surface area contributed by atoms with Crippen LogP contribution in [-0.4, -0.2) is 12.6 Å². The Bertz CT molecular complexity index is 614. The van der Waals surface area contributed by atoms with E-state index >= 15 is 0 Å². The quantitative estimate of drug-likeness (QED) is 0.732. The molecular formula is C15H10O2. The highest BCUT2D eigenvalue weighted by atomic mass is 16.1. The number of fused-ring (bicyclic) bond motifs is 3. The summed E-state index contributed by atoms with van der Waals surface area (Å²) in [5, 5.41) is 0. The third-order valence-electron chi connectivity index (χ3n) is 3.29. The Hall–Kier alpha value is -2.22. The molecule has 0 saturated carbocycles. The van der Waals surface area contributed by atoms with E-state index in [0.717, 1.165) is 34.8 Å². The van der Waals surface area contributed by atoms with Crippen molar-refractivity contribution in [3.8, 4) is 11.1 Å². The molecule has 0 aromatic heterocycles. The second-order valence-electron chi connectivity index (χ2n) is 4.13. The predicted octanol–water partition coefficient (Wildman–Crippen LogP) is 2.81. The van der Waals surface area contributed by atoms with Gasteiger partial charge in [0.1, 0.15) is 6.29 Å². The number of carbonyl (C=O) groups excluding carboxylic acids is 2. The Kier molecular flexibility index (Phi) is 2.15. The van der Waals surface area contributed by atoms with Crippen LogP contribution in [0.5, 0.6) is 0 Å². The van der Waals surface area contributed by atoms with E-state index < -0.39 is 0 Å². The lowest BCUT2D eigenvalue weighted by Gasteiger charge is -2.04. The molecule has 0 radical (unpaired) electrons. The predicted molar refractivity (Wildman–Crippen MR) is 65.2 cm³/mol. The van der Waals surface area contributed by atoms with Crippen molar-refractivity contribution in [2.75, 3.05) is 0 Å². The molecule has 17 heavy (non-hydrogen) atoms. The van der Waals surface area contributed by atoms with Crippen LogP contribution < -0.4 is 0 Å². The van der Waals surface area contributed by atoms with Crippen molar-refractivity contribution in [1.82, 2.24) is 0 Å². The summed E-state index contributed by atoms with van der Waals surface area (Å²) in [6.45, 7) is 0. The summed E-state index contributed by atoms with van der Waals surface area (Å²) >= 11 is 0. The van der Waals surface area contributed by atoms with E-state index in [0.29, 0.717) is 5.56 Å². The first-order valence-electron chi connectivity index (χ1n) is 5.49. The molecule has 2 nitrogen and oxygen atoms in total. The number of rotatable bonds is 2. The normalized spacial score (nSPS) is 16.1. The van der Waals surface area contributed by atoms with Crippen molar-refractivity contribution in [2.45, 2.75) is 5.92 Å². The number of benzene rings is 2. The SMILES string of the molecule is O=Cc1cccc2c1-c1ccccc1C2C=O. The standard InChI is InChI=1S/C15H10O2/c16-8-10-4-3-7-13-14(9-17)11-5-1-2-6-12(11)15(10)13/h1-9,14H. The van der Waals surface area contributed by atoms with Gasteiger partial charge in [0.25, 0.3) is 0 Å². The van der Waals surface area contributed by atoms with Crippen molar-refractivity contribution in [3.63, 3.8) is 0 Å². The molecule has 2 aromatic rings. The zero-order valence-corrected chi connectivity index (χ0v) is 9.09. The Morgan fingerprint density at radius 3 is 2.41 bits per heavy atom. The second kappa shape index (κ2) is 3.67. The molecule has 0 N–H and O–H groups in total. The van der Waals surface area contributed by atoms with Crippen LogP contribution in [0, 0.1) is 0 Å². The first kappa shape index (κ1) is 9.97. The van der Waals surface area contributed by atoms with E-state index in [9.17, 15) is 9.59 Å². The van der Waals surface area contributed by atoms with Crippen LogP contribution in [0.1, 0.15) is 27.4 Å². The zero-order valence-electron chi connectivity index (χ0n) is 9.09. The average Bonchev–Trinajstić information content (AvgIpc) is 2.72. The largest absolute Gasteiger partial charge is 0.302 e. The van der Waals surface area contributed by atoms with Crippen molar-refractivity contribution < 1.29 is 9.59 Å². The molecule has 0 saturated heterocycles. The fourth-order valence-corrected chi connectivity index (χ4v) is 2.57. The molecule has 1 aliphatic carbocycles. The fraction of sp³-hybridized carbons (Fsp3) is 0.0667. The number of hydrogen-bond acceptors (Lipinski definition) is 2. The average molecular weight is 222 g/mol. The zero-order chi connectivity index (χ0) is 11.8. The molecule has 0 amide bonds. The van der Waals surface area contributed by atoms with Gasteiger partial charge in [0.2, 0.25) is 0 Å². The van der Waals surface area contributed by atoms with Gasteiger partial charge in [-0.1, -0.05) is 42.5 Å². The summed E-state index contributed by atoms with van der Waals surface area (Å²) in [6.07, 6.45) is 1.79. The van der Waals surface area contributed by atoms with Crippen LogP contribution in [0.3, 0.4) is 0 Å². The van der Waals surface area contributed by atoms with Crippen LogP contribution in [0.2, 0.25) is 0 Å². The van der Waals surface area contributed by atoms with Gasteiger partial charge >= 0.3 is 0 Å². The smallest absolute Gasteiger partial charge is 0.150 e. The number of aldehydes is 2.